The lowest BCUT2D eigenvalue weighted by Gasteiger charge is -2.31. The molecular weight excluding hydrogens is 322 g/mol. The molecule has 4 nitrogen and oxygen atoms in total. The van der Waals surface area contributed by atoms with Gasteiger partial charge in [0.25, 0.3) is 0 Å². The van der Waals surface area contributed by atoms with Gasteiger partial charge in [-0.2, -0.15) is 0 Å². The quantitative estimate of drug-likeness (QED) is 0.847. The highest BCUT2D eigenvalue weighted by Gasteiger charge is 2.24. The van der Waals surface area contributed by atoms with Crippen LogP contribution in [-0.2, 0) is 17.9 Å². The molecule has 126 valence electrons. The number of hydrogen-bond acceptors (Lipinski definition) is 3. The van der Waals surface area contributed by atoms with Crippen molar-refractivity contribution in [3.63, 3.8) is 0 Å². The van der Waals surface area contributed by atoms with Crippen molar-refractivity contribution >= 4 is 17.5 Å². The van der Waals surface area contributed by atoms with Crippen molar-refractivity contribution in [3.8, 4) is 0 Å². The molecule has 1 aliphatic rings. The van der Waals surface area contributed by atoms with E-state index in [1.807, 2.05) is 12.1 Å². The van der Waals surface area contributed by atoms with E-state index in [0.717, 1.165) is 38.0 Å². The molecule has 1 aliphatic heterocycles. The molecule has 5 heteroatoms. The maximum Gasteiger partial charge on any atom is 0.223 e. The first-order valence-electron chi connectivity index (χ1n) is 8.35. The predicted molar refractivity (Wildman–Crippen MR) is 95.5 cm³/mol. The number of halogens is 1. The van der Waals surface area contributed by atoms with Crippen LogP contribution in [0.2, 0.25) is 5.15 Å². The summed E-state index contributed by atoms with van der Waals surface area (Å²) in [7, 11) is 0. The Hall–Kier alpha value is -1.91. The third kappa shape index (κ3) is 4.79. The number of likely N-dealkylation sites (tertiary alicyclic amines) is 1. The molecule has 24 heavy (non-hydrogen) atoms. The van der Waals surface area contributed by atoms with Crippen LogP contribution in [0, 0.1) is 5.92 Å². The van der Waals surface area contributed by atoms with E-state index in [1.54, 1.807) is 12.3 Å². The molecule has 0 bridgehead atoms. The van der Waals surface area contributed by atoms with Crippen molar-refractivity contribution in [1.29, 1.82) is 0 Å². The zero-order valence-electron chi connectivity index (χ0n) is 13.6. The van der Waals surface area contributed by atoms with Crippen molar-refractivity contribution in [1.82, 2.24) is 15.2 Å². The minimum absolute atomic E-state index is 0.109. The summed E-state index contributed by atoms with van der Waals surface area (Å²) in [5.41, 5.74) is 2.30. The molecular formula is C19H22ClN3O. The molecule has 0 aliphatic carbocycles. The Bertz CT molecular complexity index is 652. The highest BCUT2D eigenvalue weighted by molar-refractivity contribution is 6.29. The van der Waals surface area contributed by atoms with Gasteiger partial charge in [-0.05, 0) is 43.1 Å². The smallest absolute Gasteiger partial charge is 0.223 e. The number of hydrogen-bond donors (Lipinski definition) is 1. The fraction of sp³-hybridized carbons (Fsp3) is 0.368. The molecule has 2 heterocycles. The molecule has 2 aromatic rings. The van der Waals surface area contributed by atoms with Gasteiger partial charge in [0.15, 0.2) is 0 Å². The molecule has 0 spiro atoms. The largest absolute Gasteiger partial charge is 0.352 e. The molecule has 1 aromatic carbocycles. The Morgan fingerprint density at radius 3 is 2.54 bits per heavy atom. The second-order valence-corrected chi connectivity index (χ2v) is 6.63. The minimum atomic E-state index is 0.109. The predicted octanol–water partition coefficient (Wildman–Crippen LogP) is 3.26. The van der Waals surface area contributed by atoms with Gasteiger partial charge >= 0.3 is 0 Å². The van der Waals surface area contributed by atoms with Gasteiger partial charge < -0.3 is 5.32 Å². The van der Waals surface area contributed by atoms with E-state index in [9.17, 15) is 4.79 Å². The van der Waals surface area contributed by atoms with Crippen LogP contribution in [0.15, 0.2) is 48.7 Å². The molecule has 0 radical (unpaired) electrons. The zero-order valence-corrected chi connectivity index (χ0v) is 14.4. The Labute approximate surface area is 147 Å². The van der Waals surface area contributed by atoms with Gasteiger partial charge in [0.05, 0.1) is 0 Å². The third-order valence-corrected chi connectivity index (χ3v) is 4.69. The number of aromatic nitrogens is 1. The summed E-state index contributed by atoms with van der Waals surface area (Å²) in [4.78, 5) is 18.8. The average Bonchev–Trinajstić information content (AvgIpc) is 2.62. The van der Waals surface area contributed by atoms with E-state index in [1.165, 1.54) is 5.56 Å². The highest BCUT2D eigenvalue weighted by atomic mass is 35.5. The Morgan fingerprint density at radius 1 is 1.12 bits per heavy atom. The number of benzene rings is 1. The number of nitrogens with zero attached hydrogens (tertiary/aromatic N) is 2. The van der Waals surface area contributed by atoms with Gasteiger partial charge in [0.2, 0.25) is 5.91 Å². The number of pyridine rings is 1. The third-order valence-electron chi connectivity index (χ3n) is 4.46. The summed E-state index contributed by atoms with van der Waals surface area (Å²) in [6, 6.07) is 14.1. The Kier molecular flexibility index (Phi) is 5.83. The van der Waals surface area contributed by atoms with Crippen LogP contribution in [-0.4, -0.2) is 28.9 Å². The van der Waals surface area contributed by atoms with E-state index >= 15 is 0 Å². The van der Waals surface area contributed by atoms with Gasteiger partial charge in [-0.15, -0.1) is 0 Å². The second-order valence-electron chi connectivity index (χ2n) is 6.24. The van der Waals surface area contributed by atoms with Crippen molar-refractivity contribution in [2.75, 3.05) is 13.1 Å². The summed E-state index contributed by atoms with van der Waals surface area (Å²) in [6.07, 6.45) is 3.53. The first-order valence-corrected chi connectivity index (χ1v) is 8.73. The van der Waals surface area contributed by atoms with E-state index in [4.69, 9.17) is 11.6 Å². The monoisotopic (exact) mass is 343 g/mol. The summed E-state index contributed by atoms with van der Waals surface area (Å²) in [6.45, 7) is 3.41. The molecule has 1 fully saturated rings. The number of carbonyl (C=O) groups excluding carboxylic acids is 1. The van der Waals surface area contributed by atoms with Crippen LogP contribution in [0.1, 0.15) is 24.0 Å². The highest BCUT2D eigenvalue weighted by Crippen LogP contribution is 2.19. The molecule has 1 saturated heterocycles. The summed E-state index contributed by atoms with van der Waals surface area (Å²) < 4.78 is 0. The zero-order chi connectivity index (χ0) is 16.8. The first kappa shape index (κ1) is 16.9. The summed E-state index contributed by atoms with van der Waals surface area (Å²) >= 11 is 5.76. The number of carbonyl (C=O) groups is 1. The maximum absolute atomic E-state index is 12.3. The first-order chi connectivity index (χ1) is 11.7. The van der Waals surface area contributed by atoms with Gasteiger partial charge in [0, 0.05) is 25.2 Å². The second kappa shape index (κ2) is 8.27. The maximum atomic E-state index is 12.3. The lowest BCUT2D eigenvalue weighted by molar-refractivity contribution is -0.126. The van der Waals surface area contributed by atoms with Crippen LogP contribution in [0.4, 0.5) is 0 Å². The lowest BCUT2D eigenvalue weighted by Crippen LogP contribution is -2.40. The molecule has 1 N–H and O–H groups in total. The van der Waals surface area contributed by atoms with Crippen LogP contribution in [0.5, 0.6) is 0 Å². The van der Waals surface area contributed by atoms with Crippen molar-refractivity contribution in [2.45, 2.75) is 25.9 Å². The van der Waals surface area contributed by atoms with E-state index < -0.39 is 0 Å². The average molecular weight is 344 g/mol. The molecule has 0 unspecified atom stereocenters. The Balaban J connectivity index is 1.42. The van der Waals surface area contributed by atoms with Crippen LogP contribution < -0.4 is 5.32 Å². The molecule has 3 rings (SSSR count). The summed E-state index contributed by atoms with van der Waals surface area (Å²) in [5.74, 6) is 0.251. The summed E-state index contributed by atoms with van der Waals surface area (Å²) in [5, 5.41) is 3.48. The number of amides is 1. The van der Waals surface area contributed by atoms with Crippen LogP contribution >= 0.6 is 11.6 Å². The van der Waals surface area contributed by atoms with Gasteiger partial charge in [-0.25, -0.2) is 4.98 Å². The van der Waals surface area contributed by atoms with E-state index in [0.29, 0.717) is 11.7 Å². The van der Waals surface area contributed by atoms with Gasteiger partial charge in [-0.1, -0.05) is 48.0 Å². The minimum Gasteiger partial charge on any atom is -0.352 e. The Morgan fingerprint density at radius 2 is 1.88 bits per heavy atom. The lowest BCUT2D eigenvalue weighted by atomic mass is 9.95. The number of piperidine rings is 1. The van der Waals surface area contributed by atoms with Crippen molar-refractivity contribution in [2.24, 2.45) is 5.92 Å². The van der Waals surface area contributed by atoms with E-state index in [2.05, 4.69) is 39.5 Å². The normalized spacial score (nSPS) is 16.0. The number of rotatable bonds is 5. The van der Waals surface area contributed by atoms with Crippen molar-refractivity contribution in [3.05, 3.63) is 64.9 Å². The van der Waals surface area contributed by atoms with Crippen molar-refractivity contribution < 1.29 is 4.79 Å². The fourth-order valence-electron chi connectivity index (χ4n) is 3.04. The SMILES string of the molecule is O=C(NCc1ccc(Cl)nc1)C1CCN(Cc2ccccc2)CC1. The van der Waals surface area contributed by atoms with Crippen LogP contribution in [0.25, 0.3) is 0 Å². The standard InChI is InChI=1S/C19H22ClN3O/c20-18-7-6-16(12-21-18)13-22-19(24)17-8-10-23(11-9-17)14-15-4-2-1-3-5-15/h1-7,12,17H,8-11,13-14H2,(H,22,24). The van der Waals surface area contributed by atoms with Crippen LogP contribution in [0.3, 0.4) is 0 Å². The molecule has 1 aromatic heterocycles. The fourth-order valence-corrected chi connectivity index (χ4v) is 3.15. The van der Waals surface area contributed by atoms with E-state index in [-0.39, 0.29) is 11.8 Å². The number of nitrogens with one attached hydrogen (secondary N) is 1. The topological polar surface area (TPSA) is 45.2 Å². The molecule has 1 amide bonds. The van der Waals surface area contributed by atoms with Gasteiger partial charge in [0.1, 0.15) is 5.15 Å². The molecule has 0 saturated carbocycles. The van der Waals surface area contributed by atoms with Gasteiger partial charge in [-0.3, -0.25) is 9.69 Å². The molecule has 0 atom stereocenters.